The van der Waals surface area contributed by atoms with Crippen LogP contribution in [0, 0.1) is 23.2 Å². The van der Waals surface area contributed by atoms with Crippen LogP contribution in [0.4, 0.5) is 0 Å². The first-order valence-corrected chi connectivity index (χ1v) is 12.3. The molecule has 3 heterocycles. The van der Waals surface area contributed by atoms with E-state index < -0.39 is 18.0 Å². The normalized spacial score (nSPS) is 26.5. The fourth-order valence-corrected chi connectivity index (χ4v) is 7.09. The molecule has 4 rings (SSSR count). The third-order valence-electron chi connectivity index (χ3n) is 4.96. The molecule has 1 amide bonds. The van der Waals surface area contributed by atoms with Crippen LogP contribution in [-0.2, 0) is 20.8 Å². The molecule has 1 aliphatic carbocycles. The fourth-order valence-electron chi connectivity index (χ4n) is 3.33. The lowest BCUT2D eigenvalue weighted by atomic mass is 10.0. The molecular weight excluding hydrogens is 482 g/mol. The van der Waals surface area contributed by atoms with Crippen LogP contribution >= 0.6 is 47.1 Å². The van der Waals surface area contributed by atoms with Gasteiger partial charge in [-0.2, -0.15) is 5.26 Å². The van der Waals surface area contributed by atoms with Crippen molar-refractivity contribution in [3.05, 3.63) is 16.3 Å². The maximum absolute atomic E-state index is 12.7. The maximum atomic E-state index is 12.7. The average molecular weight is 498 g/mol. The summed E-state index contributed by atoms with van der Waals surface area (Å²) in [6, 6.07) is 1.56. The van der Waals surface area contributed by atoms with Crippen LogP contribution in [-0.4, -0.2) is 71.1 Å². The maximum Gasteiger partial charge on any atom is 0.352 e. The molecule has 31 heavy (non-hydrogen) atoms. The van der Waals surface area contributed by atoms with E-state index in [4.69, 9.17) is 22.6 Å². The summed E-state index contributed by atoms with van der Waals surface area (Å²) in [5.74, 6) is -1.94. The monoisotopic (exact) mass is 497 g/mol. The molecule has 0 radical (unpaired) electrons. The smallest absolute Gasteiger partial charge is 0.352 e. The molecule has 0 aromatic carbocycles. The van der Waals surface area contributed by atoms with E-state index in [1.54, 1.807) is 0 Å². The van der Waals surface area contributed by atoms with E-state index in [2.05, 4.69) is 21.6 Å². The van der Waals surface area contributed by atoms with Crippen molar-refractivity contribution < 1.29 is 24.6 Å². The summed E-state index contributed by atoms with van der Waals surface area (Å²) in [6.45, 7) is 0. The van der Waals surface area contributed by atoms with E-state index in [0.717, 1.165) is 11.3 Å². The number of thiocarbonyl (C=S) groups is 1. The Bertz CT molecular complexity index is 1050. The Labute approximate surface area is 194 Å². The molecule has 1 aromatic heterocycles. The number of hydrogen-bond donors (Lipinski definition) is 3. The van der Waals surface area contributed by atoms with E-state index in [0.29, 0.717) is 37.8 Å². The number of aromatic nitrogens is 2. The van der Waals surface area contributed by atoms with Gasteiger partial charge in [-0.25, -0.2) is 4.79 Å². The molecular formula is C17H15N5O5S4. The molecule has 4 atom stereocenters. The van der Waals surface area contributed by atoms with Gasteiger partial charge in [-0.3, -0.25) is 14.5 Å². The zero-order chi connectivity index (χ0) is 22.3. The van der Waals surface area contributed by atoms with Crippen molar-refractivity contribution in [1.29, 1.82) is 5.26 Å². The number of nitriles is 1. The summed E-state index contributed by atoms with van der Waals surface area (Å²) in [5.41, 5.74) is 0.566. The van der Waals surface area contributed by atoms with Crippen LogP contribution in [0.1, 0.15) is 11.4 Å². The molecule has 0 spiro atoms. The zero-order valence-electron chi connectivity index (χ0n) is 15.7. The van der Waals surface area contributed by atoms with Gasteiger partial charge in [0.2, 0.25) is 0 Å². The van der Waals surface area contributed by atoms with E-state index in [1.807, 2.05) is 0 Å². The van der Waals surface area contributed by atoms with E-state index >= 15 is 0 Å². The third kappa shape index (κ3) is 4.40. The van der Waals surface area contributed by atoms with Gasteiger partial charge in [0.15, 0.2) is 4.34 Å². The lowest BCUT2D eigenvalue weighted by Crippen LogP contribution is -2.70. The molecule has 1 aromatic rings. The highest BCUT2D eigenvalue weighted by atomic mass is 32.2. The predicted molar refractivity (Wildman–Crippen MR) is 116 cm³/mol. The van der Waals surface area contributed by atoms with E-state index in [-0.39, 0.29) is 35.2 Å². The summed E-state index contributed by atoms with van der Waals surface area (Å²) in [7, 11) is 0. The SMILES string of the molecule is N#C[C@@H]1C[C@@H]1C(=S)NC1C(=O)N2C(C(=O)O)=C(CSc3nnc(CC(=O)O)s3)CS[C@@H]12. The van der Waals surface area contributed by atoms with Gasteiger partial charge in [-0.05, 0) is 12.0 Å². The molecule has 2 aliphatic heterocycles. The first kappa shape index (κ1) is 22.0. The van der Waals surface area contributed by atoms with Crippen molar-refractivity contribution in [2.24, 2.45) is 11.8 Å². The average Bonchev–Trinajstić information content (AvgIpc) is 3.40. The van der Waals surface area contributed by atoms with Crippen LogP contribution in [0.3, 0.4) is 0 Å². The Balaban J connectivity index is 1.42. The van der Waals surface area contributed by atoms with Crippen molar-refractivity contribution in [1.82, 2.24) is 20.4 Å². The molecule has 162 valence electrons. The number of carbonyl (C=O) groups excluding carboxylic acids is 1. The number of hydrogen-bond acceptors (Lipinski definition) is 10. The molecule has 3 aliphatic rings. The fraction of sp³-hybridized carbons (Fsp3) is 0.471. The zero-order valence-corrected chi connectivity index (χ0v) is 18.9. The minimum Gasteiger partial charge on any atom is -0.481 e. The van der Waals surface area contributed by atoms with Crippen LogP contribution in [0.2, 0.25) is 0 Å². The lowest BCUT2D eigenvalue weighted by molar-refractivity contribution is -0.148. The Morgan fingerprint density at radius 2 is 2.16 bits per heavy atom. The van der Waals surface area contributed by atoms with Crippen LogP contribution in [0.15, 0.2) is 15.6 Å². The summed E-state index contributed by atoms with van der Waals surface area (Å²) >= 11 is 9.18. The number of aliphatic carboxylic acids is 2. The van der Waals surface area contributed by atoms with Crippen molar-refractivity contribution in [2.75, 3.05) is 11.5 Å². The van der Waals surface area contributed by atoms with Gasteiger partial charge in [0, 0.05) is 17.4 Å². The summed E-state index contributed by atoms with van der Waals surface area (Å²) in [4.78, 5) is 37.2. The van der Waals surface area contributed by atoms with Crippen molar-refractivity contribution in [3.63, 3.8) is 0 Å². The summed E-state index contributed by atoms with van der Waals surface area (Å²) in [6.07, 6.45) is 0.472. The van der Waals surface area contributed by atoms with Crippen LogP contribution < -0.4 is 5.32 Å². The first-order chi connectivity index (χ1) is 14.8. The van der Waals surface area contributed by atoms with Gasteiger partial charge in [0.25, 0.3) is 5.91 Å². The highest BCUT2D eigenvalue weighted by Gasteiger charge is 2.55. The third-order valence-corrected chi connectivity index (χ3v) is 8.86. The number of nitrogens with one attached hydrogen (secondary N) is 1. The van der Waals surface area contributed by atoms with Gasteiger partial charge in [-0.1, -0.05) is 35.3 Å². The predicted octanol–water partition coefficient (Wildman–Crippen LogP) is 0.956. The first-order valence-electron chi connectivity index (χ1n) is 9.07. The van der Waals surface area contributed by atoms with Gasteiger partial charge >= 0.3 is 11.9 Å². The number of thioether (sulfide) groups is 2. The van der Waals surface area contributed by atoms with Gasteiger partial charge < -0.3 is 15.5 Å². The van der Waals surface area contributed by atoms with Gasteiger partial charge in [-0.15, -0.1) is 22.0 Å². The number of rotatable bonds is 8. The molecule has 14 heteroatoms. The number of nitrogens with zero attached hydrogens (tertiary/aromatic N) is 4. The molecule has 1 unspecified atom stereocenters. The number of β-lactam (4-membered cyclic amide) rings is 1. The second kappa shape index (κ2) is 8.73. The largest absolute Gasteiger partial charge is 0.481 e. The highest BCUT2D eigenvalue weighted by molar-refractivity contribution is 8.01. The molecule has 1 saturated carbocycles. The molecule has 2 fully saturated rings. The molecule has 3 N–H and O–H groups in total. The van der Waals surface area contributed by atoms with Crippen molar-refractivity contribution in [2.45, 2.75) is 28.6 Å². The minimum atomic E-state index is -1.18. The van der Waals surface area contributed by atoms with Gasteiger partial charge in [0.05, 0.1) is 23.4 Å². The number of carboxylic acid groups (broad SMARTS) is 2. The second-order valence-corrected chi connectivity index (χ2v) is 10.9. The highest BCUT2D eigenvalue weighted by Crippen LogP contribution is 2.43. The van der Waals surface area contributed by atoms with E-state index in [9.17, 15) is 19.5 Å². The molecule has 10 nitrogen and oxygen atoms in total. The number of amides is 1. The minimum absolute atomic E-state index is 0.0261. The van der Waals surface area contributed by atoms with Crippen LogP contribution in [0.25, 0.3) is 0 Å². The topological polar surface area (TPSA) is 157 Å². The number of carbonyl (C=O) groups is 3. The molecule has 0 bridgehead atoms. The molecule has 1 saturated heterocycles. The summed E-state index contributed by atoms with van der Waals surface area (Å²) in [5, 5.41) is 38.3. The van der Waals surface area contributed by atoms with Crippen molar-refractivity contribution in [3.8, 4) is 6.07 Å². The Kier molecular flexibility index (Phi) is 6.20. The van der Waals surface area contributed by atoms with Crippen LogP contribution in [0.5, 0.6) is 0 Å². The standard InChI is InChI=1S/C17H15N5O5S4/c18-3-6-1-8(6)13(28)19-11-14(25)22-12(16(26)27)7(4-29-15(11)22)5-30-17-21-20-9(31-17)2-10(23)24/h6,8,11,15H,1-2,4-5H2,(H,19,28)(H,23,24)(H,26,27)/t6-,8-,11?,15-/m0/s1. The lowest BCUT2D eigenvalue weighted by Gasteiger charge is -2.49. The second-order valence-electron chi connectivity index (χ2n) is 7.05. The number of fused-ring (bicyclic) bond motifs is 1. The van der Waals surface area contributed by atoms with E-state index in [1.165, 1.54) is 28.4 Å². The quantitative estimate of drug-likeness (QED) is 0.266. The Morgan fingerprint density at radius 1 is 1.39 bits per heavy atom. The van der Waals surface area contributed by atoms with Crippen molar-refractivity contribution >= 4 is 69.9 Å². The Morgan fingerprint density at radius 3 is 2.81 bits per heavy atom. The van der Waals surface area contributed by atoms with Gasteiger partial charge in [0.1, 0.15) is 22.1 Å². The number of carboxylic acids is 2. The Hall–Kier alpha value is -2.21. The summed E-state index contributed by atoms with van der Waals surface area (Å²) < 4.78 is 0.539.